The molecule has 3 aliphatic carbocycles. The highest BCUT2D eigenvalue weighted by atomic mass is 32.2. The molecule has 0 saturated heterocycles. The van der Waals surface area contributed by atoms with Crippen LogP contribution in [0.4, 0.5) is 0 Å². The summed E-state index contributed by atoms with van der Waals surface area (Å²) in [5.74, 6) is 0.617. The van der Waals surface area contributed by atoms with E-state index < -0.39 is 19.9 Å². The summed E-state index contributed by atoms with van der Waals surface area (Å²) in [6.07, 6.45) is 7.26. The molecule has 3 fully saturated rings. The summed E-state index contributed by atoms with van der Waals surface area (Å²) in [5.41, 5.74) is 0. The topological polar surface area (TPSA) is 71.5 Å². The number of hydrogen-bond donors (Lipinski definition) is 0. The van der Waals surface area contributed by atoms with Gasteiger partial charge in [-0.25, -0.2) is 16.8 Å². The average Bonchev–Trinajstić information content (AvgIpc) is 3.21. The van der Waals surface area contributed by atoms with Gasteiger partial charge in [0.15, 0.2) is 0 Å². The fourth-order valence-electron chi connectivity index (χ4n) is 3.66. The quantitative estimate of drug-likeness (QED) is 0.732. The maximum absolute atomic E-state index is 12.8. The van der Waals surface area contributed by atoms with E-state index in [4.69, 9.17) is 0 Å². The van der Waals surface area contributed by atoms with Gasteiger partial charge in [-0.2, -0.15) is 4.31 Å². The minimum Gasteiger partial charge on any atom is -0.229 e. The van der Waals surface area contributed by atoms with Gasteiger partial charge >= 0.3 is 0 Å². The molecule has 3 rings (SSSR count). The largest absolute Gasteiger partial charge is 0.229 e. The first-order valence-electron chi connectivity index (χ1n) is 7.49. The third-order valence-corrected chi connectivity index (χ3v) is 8.33. The van der Waals surface area contributed by atoms with E-state index in [0.29, 0.717) is 11.8 Å². The van der Waals surface area contributed by atoms with Crippen molar-refractivity contribution in [1.82, 2.24) is 4.31 Å². The lowest BCUT2D eigenvalue weighted by atomic mass is 10.0. The molecule has 5 nitrogen and oxygen atoms in total. The molecule has 0 heterocycles. The Morgan fingerprint density at radius 1 is 0.950 bits per heavy atom. The Kier molecular flexibility index (Phi) is 3.66. The lowest BCUT2D eigenvalue weighted by Crippen LogP contribution is -2.39. The Labute approximate surface area is 121 Å². The van der Waals surface area contributed by atoms with Crippen LogP contribution in [-0.4, -0.2) is 51.0 Å². The number of nitrogens with zero attached hydrogens (tertiary/aromatic N) is 1. The molecule has 3 saturated carbocycles. The van der Waals surface area contributed by atoms with Gasteiger partial charge < -0.3 is 0 Å². The molecule has 0 N–H and O–H groups in total. The molecule has 7 heteroatoms. The lowest BCUT2D eigenvalue weighted by Gasteiger charge is -2.21. The Bertz CT molecular complexity index is 567. The van der Waals surface area contributed by atoms with Crippen molar-refractivity contribution < 1.29 is 16.8 Å². The summed E-state index contributed by atoms with van der Waals surface area (Å²) in [6.45, 7) is 0.141. The van der Waals surface area contributed by atoms with Crippen molar-refractivity contribution in [2.75, 3.05) is 18.6 Å². The molecule has 0 aliphatic heterocycles. The molecule has 0 aromatic heterocycles. The zero-order valence-corrected chi connectivity index (χ0v) is 13.5. The van der Waals surface area contributed by atoms with Crippen LogP contribution in [0.25, 0.3) is 0 Å². The highest BCUT2D eigenvalue weighted by molar-refractivity contribution is 7.91. The van der Waals surface area contributed by atoms with Crippen LogP contribution in [0, 0.1) is 11.8 Å². The van der Waals surface area contributed by atoms with Crippen molar-refractivity contribution in [2.45, 2.75) is 49.8 Å². The Morgan fingerprint density at radius 3 is 1.95 bits per heavy atom. The van der Waals surface area contributed by atoms with E-state index in [1.54, 1.807) is 0 Å². The minimum atomic E-state index is -3.30. The molecule has 2 atom stereocenters. The second-order valence-corrected chi connectivity index (χ2v) is 10.9. The zero-order chi connectivity index (χ0) is 14.5. The number of rotatable bonds is 6. The van der Waals surface area contributed by atoms with Crippen molar-refractivity contribution in [2.24, 2.45) is 11.8 Å². The summed E-state index contributed by atoms with van der Waals surface area (Å²) in [6, 6.07) is 0.0596. The first-order valence-corrected chi connectivity index (χ1v) is 11.1. The molecule has 20 heavy (non-hydrogen) atoms. The van der Waals surface area contributed by atoms with E-state index >= 15 is 0 Å². The number of sulfone groups is 1. The molecule has 0 bridgehead atoms. The van der Waals surface area contributed by atoms with Crippen LogP contribution in [0.15, 0.2) is 0 Å². The van der Waals surface area contributed by atoms with Crippen molar-refractivity contribution in [1.29, 1.82) is 0 Å². The van der Waals surface area contributed by atoms with Crippen LogP contribution < -0.4 is 0 Å². The first-order chi connectivity index (χ1) is 9.31. The van der Waals surface area contributed by atoms with Crippen LogP contribution in [-0.2, 0) is 19.9 Å². The van der Waals surface area contributed by atoms with Crippen LogP contribution in [0.1, 0.15) is 38.5 Å². The molecule has 0 amide bonds. The highest BCUT2D eigenvalue weighted by Gasteiger charge is 2.60. The minimum absolute atomic E-state index is 0.0596. The number of hydrogen-bond acceptors (Lipinski definition) is 4. The standard InChI is InChI=1S/C13H23NO4S2/c1-19(15,16)9-8-14(10-6-7-10)20(17,18)13-11-4-2-3-5-12(11)13/h10-13H,2-9H2,1H3. The fraction of sp³-hybridized carbons (Fsp3) is 1.00. The number of sulfonamides is 1. The van der Waals surface area contributed by atoms with Crippen LogP contribution >= 0.6 is 0 Å². The van der Waals surface area contributed by atoms with Crippen molar-refractivity contribution in [3.63, 3.8) is 0 Å². The molecule has 2 unspecified atom stereocenters. The molecule has 0 aromatic carbocycles. The third-order valence-electron chi connectivity index (χ3n) is 4.89. The molecule has 3 aliphatic rings. The predicted molar refractivity (Wildman–Crippen MR) is 77.6 cm³/mol. The van der Waals surface area contributed by atoms with E-state index in [1.807, 2.05) is 0 Å². The normalized spacial score (nSPS) is 34.0. The van der Waals surface area contributed by atoms with Gasteiger partial charge in [0.2, 0.25) is 10.0 Å². The van der Waals surface area contributed by atoms with Crippen molar-refractivity contribution in [3.8, 4) is 0 Å². The second kappa shape index (κ2) is 4.95. The van der Waals surface area contributed by atoms with Crippen LogP contribution in [0.5, 0.6) is 0 Å². The summed E-state index contributed by atoms with van der Waals surface area (Å²) in [4.78, 5) is 0. The first kappa shape index (κ1) is 14.8. The van der Waals surface area contributed by atoms with E-state index in [-0.39, 0.29) is 23.6 Å². The second-order valence-electron chi connectivity index (χ2n) is 6.59. The van der Waals surface area contributed by atoms with Crippen molar-refractivity contribution >= 4 is 19.9 Å². The van der Waals surface area contributed by atoms with Crippen LogP contribution in [0.2, 0.25) is 0 Å². The maximum atomic E-state index is 12.8. The molecule has 0 radical (unpaired) electrons. The Morgan fingerprint density at radius 2 is 1.50 bits per heavy atom. The van der Waals surface area contributed by atoms with Crippen LogP contribution in [0.3, 0.4) is 0 Å². The molecule has 0 spiro atoms. The fourth-order valence-corrected chi connectivity index (χ4v) is 7.06. The van der Waals surface area contributed by atoms with Gasteiger partial charge in [-0.3, -0.25) is 0 Å². The summed E-state index contributed by atoms with van der Waals surface area (Å²) < 4.78 is 49.7. The van der Waals surface area contributed by atoms with E-state index in [1.165, 1.54) is 10.6 Å². The zero-order valence-electron chi connectivity index (χ0n) is 11.9. The van der Waals surface area contributed by atoms with Gasteiger partial charge in [0.25, 0.3) is 0 Å². The van der Waals surface area contributed by atoms with E-state index in [2.05, 4.69) is 0 Å². The molecule has 0 aromatic rings. The van der Waals surface area contributed by atoms with Gasteiger partial charge in [0.1, 0.15) is 9.84 Å². The Balaban J connectivity index is 1.73. The summed E-state index contributed by atoms with van der Waals surface area (Å²) in [5, 5.41) is -0.217. The molecular formula is C13H23NO4S2. The van der Waals surface area contributed by atoms with E-state index in [9.17, 15) is 16.8 Å². The average molecular weight is 321 g/mol. The van der Waals surface area contributed by atoms with Gasteiger partial charge in [0.05, 0.1) is 11.0 Å². The maximum Gasteiger partial charge on any atom is 0.217 e. The summed E-state index contributed by atoms with van der Waals surface area (Å²) in [7, 11) is -6.42. The molecular weight excluding hydrogens is 298 g/mol. The van der Waals surface area contributed by atoms with E-state index in [0.717, 1.165) is 38.5 Å². The SMILES string of the molecule is CS(=O)(=O)CCN(C1CC1)S(=O)(=O)C1C2CCCCC21. The van der Waals surface area contributed by atoms with Crippen molar-refractivity contribution in [3.05, 3.63) is 0 Å². The van der Waals surface area contributed by atoms with Gasteiger partial charge in [-0.15, -0.1) is 0 Å². The Hall–Kier alpha value is -0.140. The summed E-state index contributed by atoms with van der Waals surface area (Å²) >= 11 is 0. The lowest BCUT2D eigenvalue weighted by molar-refractivity contribution is 0.417. The van der Waals surface area contributed by atoms with Gasteiger partial charge in [0, 0.05) is 18.8 Å². The van der Waals surface area contributed by atoms with Gasteiger partial charge in [-0.1, -0.05) is 12.8 Å². The monoisotopic (exact) mass is 321 g/mol. The predicted octanol–water partition coefficient (Wildman–Crippen LogP) is 1.01. The number of fused-ring (bicyclic) bond motifs is 1. The molecule has 116 valence electrons. The highest BCUT2D eigenvalue weighted by Crippen LogP contribution is 2.55. The van der Waals surface area contributed by atoms with Gasteiger partial charge in [-0.05, 0) is 37.5 Å². The smallest absolute Gasteiger partial charge is 0.217 e. The third kappa shape index (κ3) is 2.90.